The van der Waals surface area contributed by atoms with Crippen molar-refractivity contribution in [3.8, 4) is 11.5 Å². The molecule has 0 radical (unpaired) electrons. The van der Waals surface area contributed by atoms with Crippen molar-refractivity contribution in [2.24, 2.45) is 0 Å². The van der Waals surface area contributed by atoms with Gasteiger partial charge < -0.3 is 15.3 Å². The van der Waals surface area contributed by atoms with Crippen LogP contribution >= 0.6 is 0 Å². The van der Waals surface area contributed by atoms with Gasteiger partial charge in [0.05, 0.1) is 6.61 Å². The summed E-state index contributed by atoms with van der Waals surface area (Å²) in [5.41, 5.74) is 2.73. The van der Waals surface area contributed by atoms with E-state index in [1.807, 2.05) is 12.1 Å². The number of aromatic hydroxyl groups is 2. The summed E-state index contributed by atoms with van der Waals surface area (Å²) in [4.78, 5) is 0. The molecule has 0 spiro atoms. The summed E-state index contributed by atoms with van der Waals surface area (Å²) in [6.07, 6.45) is 0.663. The van der Waals surface area contributed by atoms with Gasteiger partial charge in [-0.05, 0) is 47.4 Å². The molecule has 3 heteroatoms. The van der Waals surface area contributed by atoms with E-state index < -0.39 is 0 Å². The van der Waals surface area contributed by atoms with Crippen LogP contribution in [-0.2, 0) is 13.0 Å². The predicted octanol–water partition coefficient (Wildman–Crippen LogP) is 2.18. The SMILES string of the molecule is OCc1cc(O)ccc1Cc1ccc(O)cc1. The second-order valence-electron chi connectivity index (χ2n) is 3.95. The standard InChI is InChI=1S/C14H14O3/c15-9-12-8-14(17)6-3-11(12)7-10-1-4-13(16)5-2-10/h1-6,8,15-17H,7,9H2. The lowest BCUT2D eigenvalue weighted by atomic mass is 10.00. The van der Waals surface area contributed by atoms with Gasteiger partial charge in [0.15, 0.2) is 0 Å². The van der Waals surface area contributed by atoms with E-state index >= 15 is 0 Å². The molecule has 2 aromatic carbocycles. The van der Waals surface area contributed by atoms with Crippen molar-refractivity contribution in [1.29, 1.82) is 0 Å². The van der Waals surface area contributed by atoms with Gasteiger partial charge in [-0.15, -0.1) is 0 Å². The van der Waals surface area contributed by atoms with E-state index in [9.17, 15) is 15.3 Å². The molecule has 0 aromatic heterocycles. The molecule has 0 unspecified atom stereocenters. The normalized spacial score (nSPS) is 10.4. The van der Waals surface area contributed by atoms with Crippen LogP contribution in [0.25, 0.3) is 0 Å². The van der Waals surface area contributed by atoms with Crippen LogP contribution in [0.3, 0.4) is 0 Å². The summed E-state index contributed by atoms with van der Waals surface area (Å²) in [5.74, 6) is 0.394. The van der Waals surface area contributed by atoms with Crippen LogP contribution in [0, 0.1) is 0 Å². The van der Waals surface area contributed by atoms with Crippen LogP contribution in [0.2, 0.25) is 0 Å². The first kappa shape index (κ1) is 11.5. The first-order chi connectivity index (χ1) is 8.19. The fourth-order valence-corrected chi connectivity index (χ4v) is 1.77. The van der Waals surface area contributed by atoms with Crippen LogP contribution in [0.1, 0.15) is 16.7 Å². The number of aliphatic hydroxyl groups is 1. The summed E-state index contributed by atoms with van der Waals surface area (Å²) < 4.78 is 0. The second-order valence-corrected chi connectivity index (χ2v) is 3.95. The van der Waals surface area contributed by atoms with E-state index in [0.29, 0.717) is 6.42 Å². The third-order valence-corrected chi connectivity index (χ3v) is 2.69. The average Bonchev–Trinajstić information content (AvgIpc) is 2.34. The first-order valence-corrected chi connectivity index (χ1v) is 5.38. The van der Waals surface area contributed by atoms with Gasteiger partial charge in [0, 0.05) is 0 Å². The Labute approximate surface area is 99.6 Å². The molecular weight excluding hydrogens is 216 g/mol. The monoisotopic (exact) mass is 230 g/mol. The van der Waals surface area contributed by atoms with Crippen LogP contribution < -0.4 is 0 Å². The van der Waals surface area contributed by atoms with Gasteiger partial charge in [0.1, 0.15) is 11.5 Å². The van der Waals surface area contributed by atoms with Crippen molar-refractivity contribution in [1.82, 2.24) is 0 Å². The molecular formula is C14H14O3. The maximum Gasteiger partial charge on any atom is 0.115 e. The summed E-state index contributed by atoms with van der Waals surface area (Å²) in [7, 11) is 0. The summed E-state index contributed by atoms with van der Waals surface area (Å²) in [5, 5.41) is 27.7. The summed E-state index contributed by atoms with van der Waals surface area (Å²) in [6.45, 7) is -0.0954. The molecule has 2 rings (SSSR count). The summed E-state index contributed by atoms with van der Waals surface area (Å²) >= 11 is 0. The zero-order valence-corrected chi connectivity index (χ0v) is 9.30. The van der Waals surface area contributed by atoms with E-state index in [2.05, 4.69) is 0 Å². The molecule has 0 aliphatic heterocycles. The van der Waals surface area contributed by atoms with Gasteiger partial charge in [-0.3, -0.25) is 0 Å². The predicted molar refractivity (Wildman–Crippen MR) is 64.9 cm³/mol. The largest absolute Gasteiger partial charge is 0.508 e. The summed E-state index contributed by atoms with van der Waals surface area (Å²) in [6, 6.07) is 11.9. The van der Waals surface area contributed by atoms with Gasteiger partial charge in [0.25, 0.3) is 0 Å². The van der Waals surface area contributed by atoms with E-state index in [1.54, 1.807) is 30.3 Å². The highest BCUT2D eigenvalue weighted by molar-refractivity contribution is 5.38. The van der Waals surface area contributed by atoms with Gasteiger partial charge in [-0.25, -0.2) is 0 Å². The highest BCUT2D eigenvalue weighted by Crippen LogP contribution is 2.20. The molecule has 3 nitrogen and oxygen atoms in total. The quantitative estimate of drug-likeness (QED) is 0.757. The van der Waals surface area contributed by atoms with E-state index in [4.69, 9.17) is 0 Å². The number of benzene rings is 2. The fourth-order valence-electron chi connectivity index (χ4n) is 1.77. The molecule has 2 aromatic rings. The molecule has 0 bridgehead atoms. The zero-order valence-electron chi connectivity index (χ0n) is 9.30. The minimum absolute atomic E-state index is 0.0954. The minimum Gasteiger partial charge on any atom is -0.508 e. The molecule has 0 fully saturated rings. The van der Waals surface area contributed by atoms with E-state index in [1.165, 1.54) is 0 Å². The van der Waals surface area contributed by atoms with Crippen molar-refractivity contribution in [3.05, 3.63) is 59.2 Å². The van der Waals surface area contributed by atoms with Crippen LogP contribution in [-0.4, -0.2) is 15.3 Å². The Hall–Kier alpha value is -2.00. The maximum atomic E-state index is 9.33. The topological polar surface area (TPSA) is 60.7 Å². The van der Waals surface area contributed by atoms with Gasteiger partial charge in [0.2, 0.25) is 0 Å². The number of phenols is 2. The van der Waals surface area contributed by atoms with Gasteiger partial charge in [-0.1, -0.05) is 18.2 Å². The number of aliphatic hydroxyl groups excluding tert-OH is 1. The smallest absolute Gasteiger partial charge is 0.115 e. The van der Waals surface area contributed by atoms with Crippen LogP contribution in [0.5, 0.6) is 11.5 Å². The first-order valence-electron chi connectivity index (χ1n) is 5.38. The van der Waals surface area contributed by atoms with Gasteiger partial charge >= 0.3 is 0 Å². The zero-order chi connectivity index (χ0) is 12.3. The fraction of sp³-hybridized carbons (Fsp3) is 0.143. The molecule has 0 saturated carbocycles. The molecule has 0 aliphatic carbocycles. The Morgan fingerprint density at radius 1 is 0.765 bits per heavy atom. The Balaban J connectivity index is 2.26. The molecule has 0 saturated heterocycles. The number of hydrogen-bond donors (Lipinski definition) is 3. The molecule has 17 heavy (non-hydrogen) atoms. The highest BCUT2D eigenvalue weighted by atomic mass is 16.3. The maximum absolute atomic E-state index is 9.33. The lowest BCUT2D eigenvalue weighted by molar-refractivity contribution is 0.280. The second kappa shape index (κ2) is 4.89. The number of hydrogen-bond acceptors (Lipinski definition) is 3. The number of rotatable bonds is 3. The van der Waals surface area contributed by atoms with Crippen molar-refractivity contribution in [2.45, 2.75) is 13.0 Å². The molecule has 0 amide bonds. The van der Waals surface area contributed by atoms with Crippen LogP contribution in [0.15, 0.2) is 42.5 Å². The van der Waals surface area contributed by atoms with Crippen molar-refractivity contribution in [3.63, 3.8) is 0 Å². The van der Waals surface area contributed by atoms with E-state index in [0.717, 1.165) is 16.7 Å². The van der Waals surface area contributed by atoms with E-state index in [-0.39, 0.29) is 18.1 Å². The molecule has 0 atom stereocenters. The Morgan fingerprint density at radius 2 is 1.41 bits per heavy atom. The van der Waals surface area contributed by atoms with Crippen LogP contribution in [0.4, 0.5) is 0 Å². The lowest BCUT2D eigenvalue weighted by Crippen LogP contribution is -1.95. The Morgan fingerprint density at radius 3 is 2.06 bits per heavy atom. The highest BCUT2D eigenvalue weighted by Gasteiger charge is 2.04. The molecule has 0 heterocycles. The van der Waals surface area contributed by atoms with Gasteiger partial charge in [-0.2, -0.15) is 0 Å². The van der Waals surface area contributed by atoms with Crippen molar-refractivity contribution >= 4 is 0 Å². The Bertz CT molecular complexity index is 503. The van der Waals surface area contributed by atoms with Crippen molar-refractivity contribution < 1.29 is 15.3 Å². The molecule has 0 aliphatic rings. The van der Waals surface area contributed by atoms with Crippen molar-refractivity contribution in [2.75, 3.05) is 0 Å². The molecule has 88 valence electrons. The average molecular weight is 230 g/mol. The number of phenolic OH excluding ortho intramolecular Hbond substituents is 2. The Kier molecular flexibility index (Phi) is 3.30. The third kappa shape index (κ3) is 2.77. The molecule has 3 N–H and O–H groups in total. The minimum atomic E-state index is -0.0954. The third-order valence-electron chi connectivity index (χ3n) is 2.69. The lowest BCUT2D eigenvalue weighted by Gasteiger charge is -2.08.